The normalized spacial score (nSPS) is 17.8. The van der Waals surface area contributed by atoms with Crippen molar-refractivity contribution in [3.63, 3.8) is 0 Å². The maximum absolute atomic E-state index is 12.0. The molecule has 0 saturated carbocycles. The van der Waals surface area contributed by atoms with E-state index in [1.165, 1.54) is 0 Å². The predicted octanol–water partition coefficient (Wildman–Crippen LogP) is 1.72. The van der Waals surface area contributed by atoms with Crippen LogP contribution in [0.1, 0.15) is 13.8 Å². The first-order valence-electron chi connectivity index (χ1n) is 5.04. The molecule has 0 aliphatic rings. The lowest BCUT2D eigenvalue weighted by Gasteiger charge is -2.21. The molecule has 0 aliphatic carbocycles. The zero-order valence-corrected chi connectivity index (χ0v) is 11.9. The van der Waals surface area contributed by atoms with Crippen LogP contribution in [-0.4, -0.2) is 51.2 Å². The number of rotatable bonds is 5. The molecule has 0 aliphatic heterocycles. The fourth-order valence-corrected chi connectivity index (χ4v) is 4.93. The van der Waals surface area contributed by atoms with Crippen LogP contribution in [0.3, 0.4) is 0 Å². The first kappa shape index (κ1) is 19.5. The summed E-state index contributed by atoms with van der Waals surface area (Å²) in [6.07, 6.45) is -10.2. The standard InChI is InChI=1S/C8H12F6O4S2/c1-5(19(15,16)3-7(9,10)11)6(2)20(17,18)4-8(12,13)14/h5-6H,3-4H2,1-2H3. The number of halogens is 6. The van der Waals surface area contributed by atoms with Gasteiger partial charge in [-0.1, -0.05) is 0 Å². The molecule has 0 fully saturated rings. The number of hydrogen-bond donors (Lipinski definition) is 0. The molecule has 0 bridgehead atoms. The van der Waals surface area contributed by atoms with Gasteiger partial charge in [0.1, 0.15) is 11.5 Å². The summed E-state index contributed by atoms with van der Waals surface area (Å²) < 4.78 is 118. The van der Waals surface area contributed by atoms with Gasteiger partial charge in [-0.25, -0.2) is 16.8 Å². The van der Waals surface area contributed by atoms with Crippen molar-refractivity contribution in [2.45, 2.75) is 36.7 Å². The van der Waals surface area contributed by atoms with E-state index >= 15 is 0 Å². The van der Waals surface area contributed by atoms with E-state index in [9.17, 15) is 43.2 Å². The van der Waals surface area contributed by atoms with Gasteiger partial charge in [0.15, 0.2) is 19.7 Å². The fraction of sp³-hybridized carbons (Fsp3) is 1.00. The molecule has 2 unspecified atom stereocenters. The van der Waals surface area contributed by atoms with Crippen LogP contribution in [0.25, 0.3) is 0 Å². The third-order valence-electron chi connectivity index (χ3n) is 2.52. The van der Waals surface area contributed by atoms with Gasteiger partial charge in [-0.3, -0.25) is 0 Å². The van der Waals surface area contributed by atoms with Crippen molar-refractivity contribution < 1.29 is 43.2 Å². The summed E-state index contributed by atoms with van der Waals surface area (Å²) in [5.74, 6) is -4.57. The molecule has 0 saturated heterocycles. The van der Waals surface area contributed by atoms with E-state index in [0.29, 0.717) is 13.8 Å². The van der Waals surface area contributed by atoms with Crippen molar-refractivity contribution in [3.8, 4) is 0 Å². The van der Waals surface area contributed by atoms with Gasteiger partial charge in [0, 0.05) is 0 Å². The summed E-state index contributed by atoms with van der Waals surface area (Å²) in [5.41, 5.74) is 0. The smallest absolute Gasteiger partial charge is 0.228 e. The van der Waals surface area contributed by atoms with Crippen molar-refractivity contribution >= 4 is 19.7 Å². The van der Waals surface area contributed by atoms with Crippen LogP contribution in [0.2, 0.25) is 0 Å². The van der Waals surface area contributed by atoms with Gasteiger partial charge in [0.05, 0.1) is 10.5 Å². The highest BCUT2D eigenvalue weighted by Gasteiger charge is 2.45. The molecule has 0 heterocycles. The molecule has 20 heavy (non-hydrogen) atoms. The summed E-state index contributed by atoms with van der Waals surface area (Å²) in [6.45, 7) is 1.28. The van der Waals surface area contributed by atoms with Gasteiger partial charge in [-0.05, 0) is 13.8 Å². The first-order chi connectivity index (χ1) is 8.48. The monoisotopic (exact) mass is 350 g/mol. The van der Waals surface area contributed by atoms with Crippen molar-refractivity contribution in [2.24, 2.45) is 0 Å². The van der Waals surface area contributed by atoms with Gasteiger partial charge < -0.3 is 0 Å². The summed E-state index contributed by atoms with van der Waals surface area (Å²) in [4.78, 5) is 0. The average molecular weight is 350 g/mol. The van der Waals surface area contributed by atoms with Crippen molar-refractivity contribution in [1.29, 1.82) is 0 Å². The Morgan fingerprint density at radius 2 is 0.900 bits per heavy atom. The molecular formula is C8H12F6O4S2. The molecule has 0 rings (SSSR count). The summed E-state index contributed by atoms with van der Waals surface area (Å²) in [7, 11) is -9.85. The lowest BCUT2D eigenvalue weighted by atomic mass is 10.4. The van der Waals surface area contributed by atoms with Crippen LogP contribution in [0.15, 0.2) is 0 Å². The molecule has 0 aromatic rings. The first-order valence-corrected chi connectivity index (χ1v) is 8.48. The van der Waals surface area contributed by atoms with Crippen molar-refractivity contribution in [1.82, 2.24) is 0 Å². The Bertz CT molecular complexity index is 480. The van der Waals surface area contributed by atoms with E-state index in [-0.39, 0.29) is 0 Å². The Morgan fingerprint density at radius 1 is 0.700 bits per heavy atom. The van der Waals surface area contributed by atoms with Crippen molar-refractivity contribution in [2.75, 3.05) is 11.5 Å². The Kier molecular flexibility index (Phi) is 5.55. The van der Waals surface area contributed by atoms with Gasteiger partial charge in [0.2, 0.25) is 0 Å². The number of sulfone groups is 2. The summed E-state index contributed by atoms with van der Waals surface area (Å²) >= 11 is 0. The van der Waals surface area contributed by atoms with Gasteiger partial charge in [-0.15, -0.1) is 0 Å². The number of hydrogen-bond acceptors (Lipinski definition) is 4. The van der Waals surface area contributed by atoms with Crippen LogP contribution in [-0.2, 0) is 19.7 Å². The zero-order valence-electron chi connectivity index (χ0n) is 10.3. The minimum Gasteiger partial charge on any atom is -0.228 e. The highest BCUT2D eigenvalue weighted by atomic mass is 32.2. The van der Waals surface area contributed by atoms with Crippen LogP contribution < -0.4 is 0 Å². The minimum absolute atomic E-state index is 0.639. The Balaban J connectivity index is 5.27. The Labute approximate surface area is 112 Å². The minimum atomic E-state index is -5.10. The van der Waals surface area contributed by atoms with Crippen LogP contribution in [0.4, 0.5) is 26.3 Å². The highest BCUT2D eigenvalue weighted by Crippen LogP contribution is 2.26. The molecular weight excluding hydrogens is 338 g/mol. The lowest BCUT2D eigenvalue weighted by Crippen LogP contribution is -2.42. The molecule has 0 amide bonds. The SMILES string of the molecule is CC(C(C)S(=O)(=O)CC(F)(F)F)S(=O)(=O)CC(F)(F)F. The van der Waals surface area contributed by atoms with Gasteiger partial charge in [0.25, 0.3) is 0 Å². The maximum Gasteiger partial charge on any atom is 0.402 e. The molecule has 122 valence electrons. The second kappa shape index (κ2) is 5.70. The maximum atomic E-state index is 12.0. The van der Waals surface area contributed by atoms with E-state index < -0.39 is 54.0 Å². The van der Waals surface area contributed by atoms with E-state index in [1.54, 1.807) is 0 Å². The molecule has 0 spiro atoms. The second-order valence-corrected chi connectivity index (χ2v) is 8.97. The van der Waals surface area contributed by atoms with Gasteiger partial charge >= 0.3 is 12.4 Å². The molecule has 0 N–H and O–H groups in total. The molecule has 0 aromatic carbocycles. The quantitative estimate of drug-likeness (QED) is 0.708. The van der Waals surface area contributed by atoms with Crippen LogP contribution >= 0.6 is 0 Å². The summed E-state index contributed by atoms with van der Waals surface area (Å²) in [6, 6.07) is 0. The number of alkyl halides is 6. The van der Waals surface area contributed by atoms with Crippen molar-refractivity contribution in [3.05, 3.63) is 0 Å². The van der Waals surface area contributed by atoms with Crippen LogP contribution in [0.5, 0.6) is 0 Å². The topological polar surface area (TPSA) is 68.3 Å². The molecule has 0 aromatic heterocycles. The van der Waals surface area contributed by atoms with E-state index in [4.69, 9.17) is 0 Å². The molecule has 12 heteroatoms. The van der Waals surface area contributed by atoms with Crippen LogP contribution in [0, 0.1) is 0 Å². The second-order valence-electron chi connectivity index (χ2n) is 4.25. The molecule has 2 atom stereocenters. The molecule has 4 nitrogen and oxygen atoms in total. The summed E-state index contributed by atoms with van der Waals surface area (Å²) in [5, 5.41) is -4.20. The lowest BCUT2D eigenvalue weighted by molar-refractivity contribution is -0.107. The Hall–Kier alpha value is -0.520. The average Bonchev–Trinajstić information content (AvgIpc) is 2.07. The van der Waals surface area contributed by atoms with E-state index in [1.807, 2.05) is 0 Å². The Morgan fingerprint density at radius 3 is 1.05 bits per heavy atom. The third-order valence-corrected chi connectivity index (χ3v) is 7.24. The predicted molar refractivity (Wildman–Crippen MR) is 58.6 cm³/mol. The van der Waals surface area contributed by atoms with Gasteiger partial charge in [-0.2, -0.15) is 26.3 Å². The largest absolute Gasteiger partial charge is 0.402 e. The molecule has 0 radical (unpaired) electrons. The highest BCUT2D eigenvalue weighted by molar-refractivity contribution is 7.96. The van der Waals surface area contributed by atoms with E-state index in [2.05, 4.69) is 0 Å². The fourth-order valence-electron chi connectivity index (χ4n) is 1.30. The zero-order chi connectivity index (χ0) is 16.6. The third kappa shape index (κ3) is 6.29. The van der Waals surface area contributed by atoms with E-state index in [0.717, 1.165) is 0 Å².